The molecule has 1 aliphatic rings. The highest BCUT2D eigenvalue weighted by Gasteiger charge is 2.17. The molecule has 0 radical (unpaired) electrons. The number of hydrogen-bond donors (Lipinski definition) is 1. The molecule has 94 valence electrons. The van der Waals surface area contributed by atoms with Gasteiger partial charge in [-0.05, 0) is 46.7 Å². The Kier molecular flexibility index (Phi) is 5.22. The maximum absolute atomic E-state index is 11.4. The van der Waals surface area contributed by atoms with Crippen LogP contribution in [0.4, 0.5) is 0 Å². The van der Waals surface area contributed by atoms with E-state index >= 15 is 0 Å². The Morgan fingerprint density at radius 3 is 2.50 bits per heavy atom. The molecule has 0 aliphatic carbocycles. The van der Waals surface area contributed by atoms with Gasteiger partial charge in [-0.15, -0.1) is 0 Å². The van der Waals surface area contributed by atoms with E-state index in [4.69, 9.17) is 9.47 Å². The summed E-state index contributed by atoms with van der Waals surface area (Å²) in [5, 5.41) is 3.27. The van der Waals surface area contributed by atoms with Gasteiger partial charge in [0.2, 0.25) is 0 Å². The maximum atomic E-state index is 11.4. The van der Waals surface area contributed by atoms with Crippen LogP contribution < -0.4 is 5.32 Å². The second kappa shape index (κ2) is 6.21. The lowest BCUT2D eigenvalue weighted by Gasteiger charge is -2.23. The van der Waals surface area contributed by atoms with Crippen LogP contribution in [0.5, 0.6) is 0 Å². The largest absolute Gasteiger partial charge is 0.460 e. The van der Waals surface area contributed by atoms with Gasteiger partial charge in [0.15, 0.2) is 0 Å². The molecule has 1 aliphatic heterocycles. The van der Waals surface area contributed by atoms with Crippen LogP contribution in [0, 0.1) is 0 Å². The Bertz CT molecular complexity index is 217. The molecule has 0 aromatic rings. The minimum absolute atomic E-state index is 0.179. The number of carbonyl (C=O) groups is 1. The Balaban J connectivity index is 2.08. The van der Waals surface area contributed by atoms with Crippen molar-refractivity contribution in [1.82, 2.24) is 5.32 Å². The van der Waals surface area contributed by atoms with Gasteiger partial charge in [-0.25, -0.2) is 0 Å². The summed E-state index contributed by atoms with van der Waals surface area (Å²) < 4.78 is 10.8. The fourth-order valence-electron chi connectivity index (χ4n) is 1.66. The van der Waals surface area contributed by atoms with Crippen molar-refractivity contribution in [2.45, 2.75) is 51.7 Å². The predicted octanol–water partition coefficient (Wildman–Crippen LogP) is 1.49. The summed E-state index contributed by atoms with van der Waals surface area (Å²) in [5.74, 6) is -0.179. The third-order valence-electron chi connectivity index (χ3n) is 2.37. The molecule has 0 bridgehead atoms. The zero-order valence-corrected chi connectivity index (χ0v) is 10.5. The van der Waals surface area contributed by atoms with Gasteiger partial charge in [-0.3, -0.25) is 4.79 Å². The average Bonchev–Trinajstić information content (AvgIpc) is 2.16. The van der Waals surface area contributed by atoms with Gasteiger partial charge in [0.05, 0.1) is 19.1 Å². The first-order valence-corrected chi connectivity index (χ1v) is 6.01. The molecule has 4 nitrogen and oxygen atoms in total. The van der Waals surface area contributed by atoms with E-state index in [1.807, 2.05) is 20.8 Å². The van der Waals surface area contributed by atoms with E-state index in [9.17, 15) is 4.79 Å². The molecule has 1 heterocycles. The highest BCUT2D eigenvalue weighted by atomic mass is 16.6. The smallest absolute Gasteiger partial charge is 0.308 e. The summed E-state index contributed by atoms with van der Waals surface area (Å²) in [4.78, 5) is 11.4. The van der Waals surface area contributed by atoms with Gasteiger partial charge in [-0.2, -0.15) is 0 Å². The van der Waals surface area contributed by atoms with E-state index in [0.717, 1.165) is 25.9 Å². The highest BCUT2D eigenvalue weighted by molar-refractivity contribution is 5.69. The zero-order valence-electron chi connectivity index (χ0n) is 10.5. The molecule has 0 aromatic carbocycles. The van der Waals surface area contributed by atoms with Crippen LogP contribution in [-0.4, -0.2) is 37.4 Å². The molecule has 1 saturated heterocycles. The van der Waals surface area contributed by atoms with Gasteiger partial charge < -0.3 is 14.8 Å². The van der Waals surface area contributed by atoms with Crippen LogP contribution in [0.3, 0.4) is 0 Å². The van der Waals surface area contributed by atoms with Crippen molar-refractivity contribution in [2.24, 2.45) is 0 Å². The van der Waals surface area contributed by atoms with Gasteiger partial charge in [0, 0.05) is 0 Å². The minimum Gasteiger partial charge on any atom is -0.460 e. The van der Waals surface area contributed by atoms with Crippen LogP contribution in [0.2, 0.25) is 0 Å². The second-order valence-corrected chi connectivity index (χ2v) is 5.16. The Labute approximate surface area is 97.7 Å². The van der Waals surface area contributed by atoms with Crippen LogP contribution in [0.15, 0.2) is 0 Å². The molecule has 0 unspecified atom stereocenters. The molecule has 0 saturated carbocycles. The average molecular weight is 229 g/mol. The molecule has 0 amide bonds. The number of rotatable bonds is 4. The van der Waals surface area contributed by atoms with Gasteiger partial charge >= 0.3 is 5.97 Å². The Morgan fingerprint density at radius 1 is 1.31 bits per heavy atom. The van der Waals surface area contributed by atoms with Crippen molar-refractivity contribution in [1.29, 1.82) is 0 Å². The number of nitrogens with one attached hydrogen (secondary N) is 1. The van der Waals surface area contributed by atoms with Crippen LogP contribution in [-0.2, 0) is 14.3 Å². The normalized spacial score (nSPS) is 18.4. The Hall–Kier alpha value is -0.610. The van der Waals surface area contributed by atoms with Crippen molar-refractivity contribution >= 4 is 5.97 Å². The standard InChI is InChI=1S/C12H23NO3/c1-12(2,3)16-11(14)6-9-15-10-4-7-13-8-5-10/h10,13H,4-9H2,1-3H3. The first kappa shape index (κ1) is 13.5. The topological polar surface area (TPSA) is 47.6 Å². The lowest BCUT2D eigenvalue weighted by atomic mass is 10.1. The van der Waals surface area contributed by atoms with Crippen molar-refractivity contribution in [3.05, 3.63) is 0 Å². The fourth-order valence-corrected chi connectivity index (χ4v) is 1.66. The number of carbonyl (C=O) groups excluding carboxylic acids is 1. The highest BCUT2D eigenvalue weighted by Crippen LogP contribution is 2.10. The summed E-state index contributed by atoms with van der Waals surface area (Å²) in [6, 6.07) is 0. The van der Waals surface area contributed by atoms with E-state index in [-0.39, 0.29) is 5.97 Å². The minimum atomic E-state index is -0.397. The molecule has 0 atom stereocenters. The fraction of sp³-hybridized carbons (Fsp3) is 0.917. The molecule has 1 rings (SSSR count). The molecule has 0 spiro atoms. The van der Waals surface area contributed by atoms with E-state index in [2.05, 4.69) is 5.32 Å². The van der Waals surface area contributed by atoms with Crippen molar-refractivity contribution in [3.8, 4) is 0 Å². The summed E-state index contributed by atoms with van der Waals surface area (Å²) in [6.45, 7) is 8.11. The summed E-state index contributed by atoms with van der Waals surface area (Å²) >= 11 is 0. The van der Waals surface area contributed by atoms with Crippen LogP contribution in [0.1, 0.15) is 40.0 Å². The number of ether oxygens (including phenoxy) is 2. The SMILES string of the molecule is CC(C)(C)OC(=O)CCOC1CCNCC1. The van der Waals surface area contributed by atoms with Crippen LogP contribution in [0.25, 0.3) is 0 Å². The molecule has 1 fully saturated rings. The van der Waals surface area contributed by atoms with Crippen molar-refractivity contribution in [2.75, 3.05) is 19.7 Å². The zero-order chi connectivity index (χ0) is 12.0. The van der Waals surface area contributed by atoms with E-state index < -0.39 is 5.60 Å². The van der Waals surface area contributed by atoms with Gasteiger partial charge in [0.25, 0.3) is 0 Å². The first-order chi connectivity index (χ1) is 7.47. The van der Waals surface area contributed by atoms with Crippen molar-refractivity contribution < 1.29 is 14.3 Å². The molecular weight excluding hydrogens is 206 g/mol. The quantitative estimate of drug-likeness (QED) is 0.742. The predicted molar refractivity (Wildman–Crippen MR) is 62.3 cm³/mol. The molecule has 0 aromatic heterocycles. The summed E-state index contributed by atoms with van der Waals surface area (Å²) in [5.41, 5.74) is -0.397. The van der Waals surface area contributed by atoms with E-state index in [1.165, 1.54) is 0 Å². The van der Waals surface area contributed by atoms with Gasteiger partial charge in [-0.1, -0.05) is 0 Å². The van der Waals surface area contributed by atoms with Gasteiger partial charge in [0.1, 0.15) is 5.60 Å². The first-order valence-electron chi connectivity index (χ1n) is 6.01. The number of esters is 1. The monoisotopic (exact) mass is 229 g/mol. The summed E-state index contributed by atoms with van der Waals surface area (Å²) in [6.07, 6.45) is 2.73. The lowest BCUT2D eigenvalue weighted by molar-refractivity contribution is -0.156. The molecular formula is C12H23NO3. The number of piperidine rings is 1. The third kappa shape index (κ3) is 6.08. The molecule has 1 N–H and O–H groups in total. The lowest BCUT2D eigenvalue weighted by Crippen LogP contribution is -2.33. The maximum Gasteiger partial charge on any atom is 0.308 e. The third-order valence-corrected chi connectivity index (χ3v) is 2.37. The Morgan fingerprint density at radius 2 is 1.94 bits per heavy atom. The van der Waals surface area contributed by atoms with Crippen LogP contribution >= 0.6 is 0 Å². The van der Waals surface area contributed by atoms with E-state index in [1.54, 1.807) is 0 Å². The summed E-state index contributed by atoms with van der Waals surface area (Å²) in [7, 11) is 0. The number of hydrogen-bond acceptors (Lipinski definition) is 4. The van der Waals surface area contributed by atoms with E-state index in [0.29, 0.717) is 19.1 Å². The van der Waals surface area contributed by atoms with Crippen molar-refractivity contribution in [3.63, 3.8) is 0 Å². The second-order valence-electron chi connectivity index (χ2n) is 5.16. The molecule has 4 heteroatoms. The molecule has 16 heavy (non-hydrogen) atoms.